The highest BCUT2D eigenvalue weighted by Crippen LogP contribution is 2.12. The number of hydrogen-bond acceptors (Lipinski definition) is 4. The van der Waals surface area contributed by atoms with Crippen LogP contribution < -0.4 is 11.5 Å². The second-order valence-electron chi connectivity index (χ2n) is 3.65. The minimum absolute atomic E-state index is 0.193. The summed E-state index contributed by atoms with van der Waals surface area (Å²) in [6.07, 6.45) is 2.51. The van der Waals surface area contributed by atoms with Gasteiger partial charge in [0.2, 0.25) is 5.91 Å². The number of nitriles is 1. The lowest BCUT2D eigenvalue weighted by Gasteiger charge is -1.89. The highest BCUT2D eigenvalue weighted by atomic mass is 16.1. The Hall–Kier alpha value is -2.03. The van der Waals surface area contributed by atoms with Gasteiger partial charge in [0.1, 0.15) is 17.5 Å². The molecule has 0 aliphatic rings. The van der Waals surface area contributed by atoms with E-state index in [1.54, 1.807) is 14.0 Å². The Kier molecular flexibility index (Phi) is 6.41. The van der Waals surface area contributed by atoms with Crippen LogP contribution in [0.25, 0.3) is 0 Å². The molecule has 4 N–H and O–H groups in total. The van der Waals surface area contributed by atoms with E-state index in [0.717, 1.165) is 12.8 Å². The molecular formula is C11H19N5O. The lowest BCUT2D eigenvalue weighted by atomic mass is 10.2. The molecule has 94 valence electrons. The van der Waals surface area contributed by atoms with Crippen molar-refractivity contribution in [1.82, 2.24) is 9.78 Å². The highest BCUT2D eigenvalue weighted by molar-refractivity contribution is 5.73. The summed E-state index contributed by atoms with van der Waals surface area (Å²) >= 11 is 0. The van der Waals surface area contributed by atoms with E-state index in [4.69, 9.17) is 16.7 Å². The number of nitrogen functional groups attached to an aromatic ring is 1. The van der Waals surface area contributed by atoms with Gasteiger partial charge in [-0.3, -0.25) is 9.48 Å². The molecule has 0 unspecified atom stereocenters. The molecule has 0 atom stereocenters. The van der Waals surface area contributed by atoms with Crippen LogP contribution in [0, 0.1) is 18.3 Å². The molecule has 17 heavy (non-hydrogen) atoms. The Morgan fingerprint density at radius 2 is 2.18 bits per heavy atom. The van der Waals surface area contributed by atoms with Gasteiger partial charge in [0.25, 0.3) is 0 Å². The monoisotopic (exact) mass is 237 g/mol. The molecule has 6 nitrogen and oxygen atoms in total. The van der Waals surface area contributed by atoms with E-state index in [1.165, 1.54) is 4.68 Å². The van der Waals surface area contributed by atoms with Crippen LogP contribution in [0.2, 0.25) is 0 Å². The summed E-state index contributed by atoms with van der Waals surface area (Å²) < 4.78 is 1.49. The minimum atomic E-state index is -0.193. The SMILES string of the molecule is CCCCC(N)=O.Cc1nn(C)c(N)c1C#N. The molecule has 1 rings (SSSR count). The quantitative estimate of drug-likeness (QED) is 0.811. The number of unbranched alkanes of at least 4 members (excludes halogenated alkanes) is 1. The summed E-state index contributed by atoms with van der Waals surface area (Å²) in [6.45, 7) is 3.79. The number of hydrogen-bond donors (Lipinski definition) is 2. The highest BCUT2D eigenvalue weighted by Gasteiger charge is 2.07. The summed E-state index contributed by atoms with van der Waals surface area (Å²) in [5, 5.41) is 12.5. The minimum Gasteiger partial charge on any atom is -0.383 e. The predicted molar refractivity (Wildman–Crippen MR) is 65.8 cm³/mol. The number of aryl methyl sites for hydroxylation is 2. The van der Waals surface area contributed by atoms with Crippen LogP contribution in [0.4, 0.5) is 5.82 Å². The van der Waals surface area contributed by atoms with Crippen LogP contribution in [0.1, 0.15) is 37.4 Å². The van der Waals surface area contributed by atoms with E-state index in [9.17, 15) is 4.79 Å². The number of carbonyl (C=O) groups is 1. The first-order valence-corrected chi connectivity index (χ1v) is 5.41. The van der Waals surface area contributed by atoms with Gasteiger partial charge in [-0.2, -0.15) is 10.4 Å². The van der Waals surface area contributed by atoms with Crippen molar-refractivity contribution >= 4 is 11.7 Å². The Morgan fingerprint density at radius 3 is 2.35 bits per heavy atom. The first kappa shape index (κ1) is 15.0. The van der Waals surface area contributed by atoms with Gasteiger partial charge < -0.3 is 11.5 Å². The molecule has 0 saturated carbocycles. The van der Waals surface area contributed by atoms with Gasteiger partial charge in [0.15, 0.2) is 0 Å². The molecule has 1 aromatic heterocycles. The Bertz CT molecular complexity index is 416. The van der Waals surface area contributed by atoms with Gasteiger partial charge >= 0.3 is 0 Å². The summed E-state index contributed by atoms with van der Waals surface area (Å²) in [7, 11) is 1.71. The molecule has 6 heteroatoms. The van der Waals surface area contributed by atoms with Crippen molar-refractivity contribution in [1.29, 1.82) is 5.26 Å². The first-order chi connectivity index (χ1) is 7.93. The van der Waals surface area contributed by atoms with Crippen molar-refractivity contribution in [2.24, 2.45) is 12.8 Å². The van der Waals surface area contributed by atoms with Crippen molar-refractivity contribution in [2.75, 3.05) is 5.73 Å². The third-order valence-electron chi connectivity index (χ3n) is 2.16. The maximum absolute atomic E-state index is 9.98. The zero-order chi connectivity index (χ0) is 13.4. The lowest BCUT2D eigenvalue weighted by Crippen LogP contribution is -2.09. The van der Waals surface area contributed by atoms with Gasteiger partial charge in [-0.1, -0.05) is 13.3 Å². The number of primary amides is 1. The standard InChI is InChI=1S/C6H8N4.C5H11NO/c1-4-5(3-7)6(8)10(2)9-4;1-2-3-4-5(6)7/h8H2,1-2H3;2-4H2,1H3,(H2,6,7). The zero-order valence-electron chi connectivity index (χ0n) is 10.5. The Labute approximate surface area is 101 Å². The van der Waals surface area contributed by atoms with Crippen LogP contribution in [0.5, 0.6) is 0 Å². The van der Waals surface area contributed by atoms with E-state index in [0.29, 0.717) is 23.5 Å². The fourth-order valence-electron chi connectivity index (χ4n) is 1.17. The first-order valence-electron chi connectivity index (χ1n) is 5.41. The number of carbonyl (C=O) groups excluding carboxylic acids is 1. The molecule has 0 bridgehead atoms. The molecule has 1 amide bonds. The van der Waals surface area contributed by atoms with Crippen LogP contribution in [0.3, 0.4) is 0 Å². The molecule has 0 fully saturated rings. The Morgan fingerprint density at radius 1 is 1.59 bits per heavy atom. The number of rotatable bonds is 3. The summed E-state index contributed by atoms with van der Waals surface area (Å²) in [6, 6.07) is 1.98. The molecule has 0 radical (unpaired) electrons. The van der Waals surface area contributed by atoms with Crippen molar-refractivity contribution in [3.05, 3.63) is 11.3 Å². The topological polar surface area (TPSA) is 111 Å². The number of nitrogens with two attached hydrogens (primary N) is 2. The average Bonchev–Trinajstić information content (AvgIpc) is 2.51. The number of anilines is 1. The predicted octanol–water partition coefficient (Wildman–Crippen LogP) is 0.844. The van der Waals surface area contributed by atoms with Gasteiger partial charge in [0, 0.05) is 13.5 Å². The van der Waals surface area contributed by atoms with Gasteiger partial charge in [-0.25, -0.2) is 0 Å². The van der Waals surface area contributed by atoms with Crippen molar-refractivity contribution in [3.63, 3.8) is 0 Å². The summed E-state index contributed by atoms with van der Waals surface area (Å²) in [5.74, 6) is 0.238. The van der Waals surface area contributed by atoms with Crippen LogP contribution in [0.15, 0.2) is 0 Å². The second kappa shape index (κ2) is 7.28. The number of aromatic nitrogens is 2. The molecule has 1 heterocycles. The molecular weight excluding hydrogens is 218 g/mol. The van der Waals surface area contributed by atoms with E-state index >= 15 is 0 Å². The molecule has 0 aromatic carbocycles. The van der Waals surface area contributed by atoms with Gasteiger partial charge in [-0.05, 0) is 13.3 Å². The van der Waals surface area contributed by atoms with Gasteiger partial charge in [-0.15, -0.1) is 0 Å². The Balaban J connectivity index is 0.000000325. The molecule has 0 aliphatic heterocycles. The van der Waals surface area contributed by atoms with Crippen LogP contribution in [-0.4, -0.2) is 15.7 Å². The third-order valence-corrected chi connectivity index (χ3v) is 2.16. The van der Waals surface area contributed by atoms with Crippen molar-refractivity contribution < 1.29 is 4.79 Å². The van der Waals surface area contributed by atoms with Crippen molar-refractivity contribution in [3.8, 4) is 6.07 Å². The molecule has 0 spiro atoms. The molecule has 0 aliphatic carbocycles. The largest absolute Gasteiger partial charge is 0.383 e. The fraction of sp³-hybridized carbons (Fsp3) is 0.545. The van der Waals surface area contributed by atoms with E-state index in [-0.39, 0.29) is 5.91 Å². The molecule has 0 saturated heterocycles. The lowest BCUT2D eigenvalue weighted by molar-refractivity contribution is -0.118. The maximum atomic E-state index is 9.98. The molecule has 1 aromatic rings. The number of nitrogens with zero attached hydrogens (tertiary/aromatic N) is 3. The summed E-state index contributed by atoms with van der Waals surface area (Å²) in [4.78, 5) is 9.98. The fourth-order valence-corrected chi connectivity index (χ4v) is 1.17. The smallest absolute Gasteiger partial charge is 0.217 e. The third kappa shape index (κ3) is 5.02. The van der Waals surface area contributed by atoms with Crippen LogP contribution in [-0.2, 0) is 11.8 Å². The van der Waals surface area contributed by atoms with E-state index in [2.05, 4.69) is 5.10 Å². The maximum Gasteiger partial charge on any atom is 0.217 e. The van der Waals surface area contributed by atoms with E-state index < -0.39 is 0 Å². The normalized spacial score (nSPS) is 9.06. The number of amides is 1. The van der Waals surface area contributed by atoms with Crippen molar-refractivity contribution in [2.45, 2.75) is 33.1 Å². The second-order valence-corrected chi connectivity index (χ2v) is 3.65. The van der Waals surface area contributed by atoms with Gasteiger partial charge in [0.05, 0.1) is 5.69 Å². The van der Waals surface area contributed by atoms with E-state index in [1.807, 2.05) is 13.0 Å². The van der Waals surface area contributed by atoms with Crippen LogP contribution >= 0.6 is 0 Å². The average molecular weight is 237 g/mol. The zero-order valence-corrected chi connectivity index (χ0v) is 10.5. The summed E-state index contributed by atoms with van der Waals surface area (Å²) in [5.41, 5.74) is 11.5.